The molecule has 0 saturated carbocycles. The highest BCUT2D eigenvalue weighted by Crippen LogP contribution is 2.45. The van der Waals surface area contributed by atoms with Crippen LogP contribution in [0, 0.1) is 11.2 Å². The molecule has 2 atom stereocenters. The maximum absolute atomic E-state index is 14.5. The van der Waals surface area contributed by atoms with Crippen molar-refractivity contribution >= 4 is 35.2 Å². The van der Waals surface area contributed by atoms with Gasteiger partial charge in [-0.1, -0.05) is 93.0 Å². The van der Waals surface area contributed by atoms with E-state index in [1.807, 2.05) is 71.9 Å². The number of nitrogens with one attached hydrogen (secondary N) is 1. The van der Waals surface area contributed by atoms with Gasteiger partial charge in [0.2, 0.25) is 5.91 Å². The van der Waals surface area contributed by atoms with Gasteiger partial charge in [0.1, 0.15) is 23.6 Å². The van der Waals surface area contributed by atoms with E-state index in [-0.39, 0.29) is 31.1 Å². The molecule has 2 unspecified atom stereocenters. The molecular formula is C47H57ClFN3O7. The van der Waals surface area contributed by atoms with E-state index < -0.39 is 35.4 Å². The lowest BCUT2D eigenvalue weighted by atomic mass is 9.94. The van der Waals surface area contributed by atoms with Gasteiger partial charge in [-0.2, -0.15) is 0 Å². The van der Waals surface area contributed by atoms with Gasteiger partial charge in [-0.3, -0.25) is 9.59 Å². The summed E-state index contributed by atoms with van der Waals surface area (Å²) < 4.78 is 39.1. The van der Waals surface area contributed by atoms with Crippen LogP contribution >= 0.6 is 11.6 Å². The van der Waals surface area contributed by atoms with Crippen molar-refractivity contribution in [2.24, 2.45) is 5.41 Å². The Balaban J connectivity index is 1.38. The summed E-state index contributed by atoms with van der Waals surface area (Å²) in [5.41, 5.74) is 2.34. The number of aryl methyl sites for hydroxylation is 1. The summed E-state index contributed by atoms with van der Waals surface area (Å²) in [6.07, 6.45) is -0.704. The van der Waals surface area contributed by atoms with Gasteiger partial charge in [-0.15, -0.1) is 0 Å². The average Bonchev–Trinajstić information content (AvgIpc) is 3.27. The number of amides is 3. The molecule has 0 bridgehead atoms. The zero-order chi connectivity index (χ0) is 42.7. The normalized spacial score (nSPS) is 15.5. The number of halogens is 2. The number of benzene rings is 4. The zero-order valence-corrected chi connectivity index (χ0v) is 35.9. The molecule has 0 spiro atoms. The third-order valence-electron chi connectivity index (χ3n) is 9.56. The summed E-state index contributed by atoms with van der Waals surface area (Å²) in [4.78, 5) is 44.5. The lowest BCUT2D eigenvalue weighted by Crippen LogP contribution is -2.45. The zero-order valence-electron chi connectivity index (χ0n) is 35.2. The van der Waals surface area contributed by atoms with Crippen LogP contribution in [0.1, 0.15) is 89.2 Å². The summed E-state index contributed by atoms with van der Waals surface area (Å²) >= 11 is 6.62. The Hall–Kier alpha value is -5.13. The van der Waals surface area contributed by atoms with Crippen molar-refractivity contribution in [1.82, 2.24) is 10.2 Å². The van der Waals surface area contributed by atoms with Crippen molar-refractivity contribution in [3.63, 3.8) is 0 Å². The Kier molecular flexibility index (Phi) is 15.4. The van der Waals surface area contributed by atoms with Crippen molar-refractivity contribution < 1.29 is 37.7 Å². The summed E-state index contributed by atoms with van der Waals surface area (Å²) in [5.74, 6) is -0.487. The topological polar surface area (TPSA) is 107 Å². The van der Waals surface area contributed by atoms with Gasteiger partial charge in [0.15, 0.2) is 11.5 Å². The molecule has 0 radical (unpaired) electrons. The first-order valence-electron chi connectivity index (χ1n) is 20.1. The molecule has 0 fully saturated rings. The molecule has 3 amide bonds. The van der Waals surface area contributed by atoms with Gasteiger partial charge >= 0.3 is 6.09 Å². The number of rotatable bonds is 16. The predicted octanol–water partition coefficient (Wildman–Crippen LogP) is 9.70. The van der Waals surface area contributed by atoms with Gasteiger partial charge < -0.3 is 34.1 Å². The first-order chi connectivity index (χ1) is 28.0. The van der Waals surface area contributed by atoms with E-state index in [0.29, 0.717) is 65.0 Å². The highest BCUT2D eigenvalue weighted by molar-refractivity contribution is 6.30. The fourth-order valence-corrected chi connectivity index (χ4v) is 7.09. The van der Waals surface area contributed by atoms with E-state index in [9.17, 15) is 18.8 Å². The maximum atomic E-state index is 14.5. The highest BCUT2D eigenvalue weighted by Gasteiger charge is 2.40. The molecule has 1 heterocycles. The number of carbonyl (C=O) groups is 3. The second-order valence-electron chi connectivity index (χ2n) is 16.9. The first kappa shape index (κ1) is 45.0. The standard InChI is InChI=1S/C47H57ClFN3O7/c1-46(2,3)31-52-38-24-23-34(48)28-36(38)42(58-40(44(52)54)29-41(53)50-30-33-19-11-12-21-37(33)49)35-20-13-22-39(43(35)56-7)57-27-15-26-51(45(55)59-47(4,5)6)25-14-18-32-16-9-8-10-17-32/h8-13,16-17,19-24,28,40,42H,14-15,18,25-27,29-31H2,1-7H3,(H,50,53). The fourth-order valence-electron chi connectivity index (χ4n) is 6.91. The number of anilines is 1. The Morgan fingerprint density at radius 3 is 2.31 bits per heavy atom. The summed E-state index contributed by atoms with van der Waals surface area (Å²) in [7, 11) is 1.53. The molecule has 0 saturated heterocycles. The third kappa shape index (κ3) is 12.9. The van der Waals surface area contributed by atoms with E-state index in [1.54, 1.807) is 52.3 Å². The number of hydrogen-bond acceptors (Lipinski definition) is 7. The van der Waals surface area contributed by atoms with Crippen molar-refractivity contribution in [3.8, 4) is 11.5 Å². The molecule has 316 valence electrons. The largest absolute Gasteiger partial charge is 0.492 e. The number of nitrogens with zero attached hydrogens (tertiary/aromatic N) is 2. The second kappa shape index (κ2) is 20.2. The number of carbonyl (C=O) groups excluding carboxylic acids is 3. The minimum absolute atomic E-state index is 0.0478. The first-order valence-corrected chi connectivity index (χ1v) is 20.5. The van der Waals surface area contributed by atoms with Crippen LogP contribution in [0.2, 0.25) is 5.02 Å². The van der Waals surface area contributed by atoms with E-state index in [2.05, 4.69) is 17.4 Å². The molecule has 5 rings (SSSR count). The van der Waals surface area contributed by atoms with Crippen LogP contribution < -0.4 is 19.7 Å². The number of ether oxygens (including phenoxy) is 4. The molecule has 4 aromatic rings. The van der Waals surface area contributed by atoms with Crippen LogP contribution in [0.25, 0.3) is 0 Å². The van der Waals surface area contributed by atoms with Gasteiger partial charge in [-0.25, -0.2) is 9.18 Å². The molecule has 0 aromatic heterocycles. The van der Waals surface area contributed by atoms with Crippen molar-refractivity contribution in [2.75, 3.05) is 38.3 Å². The van der Waals surface area contributed by atoms with E-state index in [1.165, 1.54) is 18.7 Å². The quantitative estimate of drug-likeness (QED) is 0.112. The third-order valence-corrected chi connectivity index (χ3v) is 9.79. The Labute approximate surface area is 352 Å². The summed E-state index contributed by atoms with van der Waals surface area (Å²) in [5, 5.41) is 3.19. The van der Waals surface area contributed by atoms with Gasteiger partial charge in [0, 0.05) is 53.6 Å². The van der Waals surface area contributed by atoms with Crippen LogP contribution in [0.4, 0.5) is 14.9 Å². The smallest absolute Gasteiger partial charge is 0.410 e. The molecule has 10 nitrogen and oxygen atoms in total. The Bertz CT molecular complexity index is 2050. The lowest BCUT2D eigenvalue weighted by molar-refractivity contribution is -0.138. The van der Waals surface area contributed by atoms with Crippen molar-refractivity contribution in [2.45, 2.75) is 91.6 Å². The monoisotopic (exact) mass is 829 g/mol. The fraction of sp³-hybridized carbons (Fsp3) is 0.426. The molecule has 1 aliphatic rings. The minimum atomic E-state index is -1.22. The number of methoxy groups -OCH3 is 1. The van der Waals surface area contributed by atoms with Crippen LogP contribution in [0.3, 0.4) is 0 Å². The Morgan fingerprint density at radius 1 is 0.898 bits per heavy atom. The maximum Gasteiger partial charge on any atom is 0.410 e. The molecule has 1 aliphatic heterocycles. The molecule has 4 aromatic carbocycles. The van der Waals surface area contributed by atoms with E-state index in [0.717, 1.165) is 12.8 Å². The molecule has 0 aliphatic carbocycles. The predicted molar refractivity (Wildman–Crippen MR) is 229 cm³/mol. The number of hydrogen-bond donors (Lipinski definition) is 1. The number of fused-ring (bicyclic) bond motifs is 1. The van der Waals surface area contributed by atoms with Crippen LogP contribution in [0.5, 0.6) is 11.5 Å². The van der Waals surface area contributed by atoms with Crippen LogP contribution in [0.15, 0.2) is 91.0 Å². The highest BCUT2D eigenvalue weighted by atomic mass is 35.5. The molecule has 12 heteroatoms. The van der Waals surface area contributed by atoms with Gasteiger partial charge in [-0.05, 0) is 81.3 Å². The molecule has 59 heavy (non-hydrogen) atoms. The van der Waals surface area contributed by atoms with Gasteiger partial charge in [0.25, 0.3) is 5.91 Å². The van der Waals surface area contributed by atoms with E-state index in [4.69, 9.17) is 30.5 Å². The molecule has 1 N–H and O–H groups in total. The molecular weight excluding hydrogens is 773 g/mol. The van der Waals surface area contributed by atoms with Crippen molar-refractivity contribution in [1.29, 1.82) is 0 Å². The Morgan fingerprint density at radius 2 is 1.61 bits per heavy atom. The van der Waals surface area contributed by atoms with Crippen LogP contribution in [-0.4, -0.2) is 67.9 Å². The average molecular weight is 830 g/mol. The number of para-hydroxylation sites is 1. The van der Waals surface area contributed by atoms with Gasteiger partial charge in [0.05, 0.1) is 20.1 Å². The second-order valence-corrected chi connectivity index (χ2v) is 17.3. The lowest BCUT2D eigenvalue weighted by Gasteiger charge is -2.31. The summed E-state index contributed by atoms with van der Waals surface area (Å²) in [6.45, 7) is 13.1. The van der Waals surface area contributed by atoms with E-state index >= 15 is 0 Å². The summed E-state index contributed by atoms with van der Waals surface area (Å²) in [6, 6.07) is 27.1. The van der Waals surface area contributed by atoms with Crippen LogP contribution in [-0.2, 0) is 32.0 Å². The minimum Gasteiger partial charge on any atom is -0.492 e. The SMILES string of the molecule is COc1c(OCCCN(CCCc2ccccc2)C(=O)OC(C)(C)C)cccc1C1OC(CC(=O)NCc2ccccc2F)C(=O)N(CC(C)(C)C)c2ccc(Cl)cc21. The van der Waals surface area contributed by atoms with Crippen molar-refractivity contribution in [3.05, 3.63) is 124 Å².